The van der Waals surface area contributed by atoms with Gasteiger partial charge in [-0.2, -0.15) is 0 Å². The van der Waals surface area contributed by atoms with Gasteiger partial charge in [-0.15, -0.1) is 22.7 Å². The molecule has 0 aliphatic heterocycles. The third-order valence-corrected chi connectivity index (χ3v) is 6.72. The Morgan fingerprint density at radius 1 is 1.22 bits per heavy atom. The smallest absolute Gasteiger partial charge is 0.341 e. The van der Waals surface area contributed by atoms with E-state index in [9.17, 15) is 9.59 Å². The van der Waals surface area contributed by atoms with Crippen molar-refractivity contribution in [3.63, 3.8) is 0 Å². The molecule has 0 saturated heterocycles. The molecule has 1 N–H and O–H groups in total. The fourth-order valence-corrected chi connectivity index (χ4v) is 5.41. The van der Waals surface area contributed by atoms with Crippen LogP contribution >= 0.6 is 22.7 Å². The van der Waals surface area contributed by atoms with Crippen molar-refractivity contribution in [2.75, 3.05) is 11.9 Å². The minimum absolute atomic E-state index is 0.216. The van der Waals surface area contributed by atoms with Gasteiger partial charge in [-0.25, -0.2) is 9.78 Å². The van der Waals surface area contributed by atoms with Gasteiger partial charge >= 0.3 is 5.97 Å². The van der Waals surface area contributed by atoms with E-state index < -0.39 is 0 Å². The van der Waals surface area contributed by atoms with E-state index in [1.54, 1.807) is 18.5 Å². The van der Waals surface area contributed by atoms with E-state index in [1.807, 2.05) is 12.1 Å². The number of benzene rings is 1. The highest BCUT2D eigenvalue weighted by Gasteiger charge is 2.26. The Hall–Kier alpha value is -2.25. The van der Waals surface area contributed by atoms with Crippen LogP contribution in [-0.4, -0.2) is 23.5 Å². The summed E-state index contributed by atoms with van der Waals surface area (Å²) in [6.07, 6.45) is 5.16. The summed E-state index contributed by atoms with van der Waals surface area (Å²) in [5.74, 6) is -0.558. The number of nitrogens with zero attached hydrogens (tertiary/aromatic N) is 1. The first-order valence-corrected chi connectivity index (χ1v) is 10.8. The standard InChI is InChI=1S/C20H20N2O3S2/c1-2-25-20(24)17-13-6-4-3-5-7-15(13)27-19(17)22-18(23)12-8-9-14-16(10-12)26-11-21-14/h8-11H,2-7H2,1H3,(H,22,23). The Kier molecular flexibility index (Phi) is 5.22. The van der Waals surface area contributed by atoms with Crippen molar-refractivity contribution in [3.05, 3.63) is 45.3 Å². The molecule has 2 aromatic heterocycles. The number of carbonyl (C=O) groups is 2. The van der Waals surface area contributed by atoms with Crippen molar-refractivity contribution >= 4 is 49.8 Å². The maximum absolute atomic E-state index is 12.8. The topological polar surface area (TPSA) is 68.3 Å². The third-order valence-electron chi connectivity index (χ3n) is 4.72. The molecule has 0 bridgehead atoms. The van der Waals surface area contributed by atoms with Crippen molar-refractivity contribution in [1.29, 1.82) is 0 Å². The van der Waals surface area contributed by atoms with Gasteiger partial charge in [0, 0.05) is 10.4 Å². The number of anilines is 1. The molecule has 0 unspecified atom stereocenters. The first-order valence-electron chi connectivity index (χ1n) is 9.13. The van der Waals surface area contributed by atoms with Crippen LogP contribution in [0.15, 0.2) is 23.7 Å². The van der Waals surface area contributed by atoms with Crippen LogP contribution in [0.3, 0.4) is 0 Å². The van der Waals surface area contributed by atoms with Crippen LogP contribution < -0.4 is 5.32 Å². The van der Waals surface area contributed by atoms with Crippen molar-refractivity contribution < 1.29 is 14.3 Å². The molecular weight excluding hydrogens is 380 g/mol. The zero-order valence-electron chi connectivity index (χ0n) is 15.0. The molecule has 140 valence electrons. The summed E-state index contributed by atoms with van der Waals surface area (Å²) < 4.78 is 6.25. The molecule has 1 aromatic carbocycles. The summed E-state index contributed by atoms with van der Waals surface area (Å²) in [5.41, 5.74) is 4.81. The summed E-state index contributed by atoms with van der Waals surface area (Å²) in [5, 5.41) is 3.57. The molecule has 1 aliphatic rings. The fraction of sp³-hybridized carbons (Fsp3) is 0.350. The molecule has 27 heavy (non-hydrogen) atoms. The average Bonchev–Trinajstić information content (AvgIpc) is 3.19. The van der Waals surface area contributed by atoms with E-state index in [4.69, 9.17) is 4.74 Å². The van der Waals surface area contributed by atoms with Crippen LogP contribution in [0.4, 0.5) is 5.00 Å². The quantitative estimate of drug-likeness (QED) is 0.491. The molecule has 2 heterocycles. The first kappa shape index (κ1) is 18.1. The van der Waals surface area contributed by atoms with Crippen LogP contribution in [-0.2, 0) is 17.6 Å². The highest BCUT2D eigenvalue weighted by Crippen LogP contribution is 2.38. The summed E-state index contributed by atoms with van der Waals surface area (Å²) >= 11 is 3.02. The maximum atomic E-state index is 12.8. The fourth-order valence-electron chi connectivity index (χ4n) is 3.42. The van der Waals surface area contributed by atoms with Gasteiger partial charge in [-0.1, -0.05) is 6.42 Å². The van der Waals surface area contributed by atoms with E-state index in [-0.39, 0.29) is 11.9 Å². The zero-order chi connectivity index (χ0) is 18.8. The monoisotopic (exact) mass is 400 g/mol. The van der Waals surface area contributed by atoms with Crippen molar-refractivity contribution in [2.24, 2.45) is 0 Å². The van der Waals surface area contributed by atoms with Crippen LogP contribution in [0.1, 0.15) is 57.3 Å². The number of ether oxygens (including phenoxy) is 1. The number of rotatable bonds is 4. The number of carbonyl (C=O) groups excluding carboxylic acids is 2. The lowest BCUT2D eigenvalue weighted by atomic mass is 10.1. The molecule has 0 atom stereocenters. The van der Waals surface area contributed by atoms with Crippen LogP contribution in [0.2, 0.25) is 0 Å². The van der Waals surface area contributed by atoms with Gasteiger partial charge in [0.15, 0.2) is 0 Å². The molecular formula is C20H20N2O3S2. The van der Waals surface area contributed by atoms with E-state index >= 15 is 0 Å². The van der Waals surface area contributed by atoms with Gasteiger partial charge in [0.25, 0.3) is 5.91 Å². The van der Waals surface area contributed by atoms with Crippen molar-refractivity contribution in [3.8, 4) is 0 Å². The van der Waals surface area contributed by atoms with Gasteiger partial charge in [-0.05, 0) is 56.4 Å². The molecule has 0 saturated carbocycles. The molecule has 0 spiro atoms. The average molecular weight is 401 g/mol. The number of hydrogen-bond acceptors (Lipinski definition) is 6. The molecule has 1 amide bonds. The molecule has 1 aliphatic carbocycles. The molecule has 3 aromatic rings. The molecule has 0 radical (unpaired) electrons. The molecule has 7 heteroatoms. The summed E-state index contributed by atoms with van der Waals surface area (Å²) in [6.45, 7) is 2.12. The maximum Gasteiger partial charge on any atom is 0.341 e. The first-order chi connectivity index (χ1) is 13.2. The summed E-state index contributed by atoms with van der Waals surface area (Å²) in [6, 6.07) is 5.45. The van der Waals surface area contributed by atoms with E-state index in [0.717, 1.165) is 41.5 Å². The summed E-state index contributed by atoms with van der Waals surface area (Å²) in [7, 11) is 0. The van der Waals surface area contributed by atoms with Gasteiger partial charge in [0.05, 0.1) is 27.9 Å². The van der Waals surface area contributed by atoms with Crippen LogP contribution in [0, 0.1) is 0 Å². The van der Waals surface area contributed by atoms with Crippen molar-refractivity contribution in [1.82, 2.24) is 4.98 Å². The Labute approximate surface area is 165 Å². The molecule has 0 fully saturated rings. The lowest BCUT2D eigenvalue weighted by Crippen LogP contribution is -2.15. The number of amides is 1. The van der Waals surface area contributed by atoms with E-state index in [1.165, 1.54) is 34.0 Å². The molecule has 5 nitrogen and oxygen atoms in total. The number of aryl methyl sites for hydroxylation is 1. The SMILES string of the molecule is CCOC(=O)c1c(NC(=O)c2ccc3ncsc3c2)sc2c1CCCCC2. The van der Waals surface area contributed by atoms with Crippen molar-refractivity contribution in [2.45, 2.75) is 39.0 Å². The second-order valence-corrected chi connectivity index (χ2v) is 8.47. The number of thiophene rings is 1. The van der Waals surface area contributed by atoms with Crippen LogP contribution in [0.25, 0.3) is 10.2 Å². The number of nitrogens with one attached hydrogen (secondary N) is 1. The van der Waals surface area contributed by atoms with Gasteiger partial charge < -0.3 is 10.1 Å². The number of aromatic nitrogens is 1. The van der Waals surface area contributed by atoms with Gasteiger partial charge in [-0.3, -0.25) is 4.79 Å². The second kappa shape index (κ2) is 7.78. The Bertz CT molecular complexity index is 1010. The number of hydrogen-bond donors (Lipinski definition) is 1. The van der Waals surface area contributed by atoms with Gasteiger partial charge in [0.2, 0.25) is 0 Å². The molecule has 4 rings (SSSR count). The lowest BCUT2D eigenvalue weighted by Gasteiger charge is -2.08. The minimum atomic E-state index is -0.342. The van der Waals surface area contributed by atoms with Gasteiger partial charge in [0.1, 0.15) is 5.00 Å². The Morgan fingerprint density at radius 3 is 2.93 bits per heavy atom. The highest BCUT2D eigenvalue weighted by atomic mass is 32.1. The Morgan fingerprint density at radius 2 is 2.07 bits per heavy atom. The summed E-state index contributed by atoms with van der Waals surface area (Å²) in [4.78, 5) is 30.9. The van der Waals surface area contributed by atoms with E-state index in [2.05, 4.69) is 10.3 Å². The number of fused-ring (bicyclic) bond motifs is 2. The number of esters is 1. The number of thiazole rings is 1. The largest absolute Gasteiger partial charge is 0.462 e. The zero-order valence-corrected chi connectivity index (χ0v) is 16.7. The van der Waals surface area contributed by atoms with Crippen LogP contribution in [0.5, 0.6) is 0 Å². The second-order valence-electron chi connectivity index (χ2n) is 6.48. The predicted molar refractivity (Wildman–Crippen MR) is 109 cm³/mol. The highest BCUT2D eigenvalue weighted by molar-refractivity contribution is 7.17. The normalized spacial score (nSPS) is 13.8. The van der Waals surface area contributed by atoms with E-state index in [0.29, 0.717) is 22.7 Å². The predicted octanol–water partition coefficient (Wildman–Crippen LogP) is 5.06. The third kappa shape index (κ3) is 3.61. The minimum Gasteiger partial charge on any atom is -0.462 e. The Balaban J connectivity index is 1.67. The lowest BCUT2D eigenvalue weighted by molar-refractivity contribution is 0.0527.